The molecule has 1 aromatic heterocycles. The van der Waals surface area contributed by atoms with Crippen LogP contribution < -0.4 is 24.4 Å². The molecule has 1 aliphatic heterocycles. The van der Waals surface area contributed by atoms with Crippen molar-refractivity contribution in [2.45, 2.75) is 26.8 Å². The molecule has 0 aliphatic carbocycles. The summed E-state index contributed by atoms with van der Waals surface area (Å²) in [4.78, 5) is 34.5. The number of rotatable bonds is 8. The Morgan fingerprint density at radius 2 is 1.92 bits per heavy atom. The van der Waals surface area contributed by atoms with E-state index in [1.165, 1.54) is 11.3 Å². The van der Waals surface area contributed by atoms with Crippen LogP contribution in [0.3, 0.4) is 0 Å². The smallest absolute Gasteiger partial charge is 0.271 e. The number of thiazole rings is 1. The first-order chi connectivity index (χ1) is 18.3. The molecule has 38 heavy (non-hydrogen) atoms. The number of likely N-dealkylation sites (N-methyl/N-ethyl adjacent to an activating group) is 1. The summed E-state index contributed by atoms with van der Waals surface area (Å²) in [5.74, 6) is 3.31. The second-order valence-corrected chi connectivity index (χ2v) is 9.96. The predicted octanol–water partition coefficient (Wildman–Crippen LogP) is 3.78. The van der Waals surface area contributed by atoms with Crippen LogP contribution in [0.4, 0.5) is 0 Å². The molecular formula is C29H28ClN3O4S. The van der Waals surface area contributed by atoms with Crippen LogP contribution in [-0.2, 0) is 4.79 Å². The summed E-state index contributed by atoms with van der Waals surface area (Å²) in [6.45, 7) is 6.89. The summed E-state index contributed by atoms with van der Waals surface area (Å²) in [5, 5.41) is 0.571. The van der Waals surface area contributed by atoms with Crippen molar-refractivity contribution in [3.63, 3.8) is 0 Å². The maximum atomic E-state index is 13.8. The first-order valence-corrected chi connectivity index (χ1v) is 13.3. The lowest BCUT2D eigenvalue weighted by molar-refractivity contribution is -0.127. The summed E-state index contributed by atoms with van der Waals surface area (Å²) >= 11 is 7.43. The molecule has 1 amide bonds. The molecule has 0 unspecified atom stereocenters. The average Bonchev–Trinajstić information content (AvgIpc) is 3.22. The second-order valence-electron chi connectivity index (χ2n) is 8.51. The highest BCUT2D eigenvalue weighted by Gasteiger charge is 2.34. The van der Waals surface area contributed by atoms with Crippen LogP contribution in [0.25, 0.3) is 6.08 Å². The fourth-order valence-electron chi connectivity index (χ4n) is 4.40. The summed E-state index contributed by atoms with van der Waals surface area (Å²) < 4.78 is 13.0. The van der Waals surface area contributed by atoms with Gasteiger partial charge in [0.2, 0.25) is 0 Å². The van der Waals surface area contributed by atoms with Gasteiger partial charge >= 0.3 is 0 Å². The Hall–Kier alpha value is -3.80. The van der Waals surface area contributed by atoms with E-state index < -0.39 is 6.04 Å². The zero-order valence-corrected chi connectivity index (χ0v) is 23.2. The Morgan fingerprint density at radius 3 is 2.55 bits per heavy atom. The number of terminal acetylenes is 1. The van der Waals surface area contributed by atoms with Gasteiger partial charge in [0.05, 0.1) is 29.0 Å². The number of ether oxygens (including phenoxy) is 2. The molecule has 1 aliphatic rings. The Labute approximate surface area is 230 Å². The normalized spacial score (nSPS) is 14.9. The molecule has 0 N–H and O–H groups in total. The van der Waals surface area contributed by atoms with Gasteiger partial charge in [-0.1, -0.05) is 47.1 Å². The van der Waals surface area contributed by atoms with E-state index in [1.807, 2.05) is 39.0 Å². The van der Waals surface area contributed by atoms with Gasteiger partial charge in [0.25, 0.3) is 11.5 Å². The van der Waals surface area contributed by atoms with Crippen LogP contribution in [0.2, 0.25) is 5.02 Å². The minimum Gasteiger partial charge on any atom is -0.493 e. The maximum absolute atomic E-state index is 13.8. The monoisotopic (exact) mass is 549 g/mol. The molecule has 3 aromatic rings. The molecule has 4 rings (SSSR count). The number of carbonyl (C=O) groups excluding carboxylic acids is 1. The molecule has 0 saturated heterocycles. The average molecular weight is 550 g/mol. The summed E-state index contributed by atoms with van der Waals surface area (Å²) in [6.07, 6.45) is 7.07. The molecule has 1 atom stereocenters. The van der Waals surface area contributed by atoms with E-state index in [-0.39, 0.29) is 18.1 Å². The fourth-order valence-corrected chi connectivity index (χ4v) is 5.57. The predicted molar refractivity (Wildman–Crippen MR) is 150 cm³/mol. The second kappa shape index (κ2) is 11.7. The van der Waals surface area contributed by atoms with Crippen LogP contribution in [0.1, 0.15) is 37.9 Å². The number of hydrogen-bond donors (Lipinski definition) is 0. The van der Waals surface area contributed by atoms with Gasteiger partial charge in [0.15, 0.2) is 16.3 Å². The molecular weight excluding hydrogens is 522 g/mol. The van der Waals surface area contributed by atoms with Gasteiger partial charge < -0.3 is 14.4 Å². The number of nitrogens with zero attached hydrogens (tertiary/aromatic N) is 3. The zero-order chi connectivity index (χ0) is 27.4. The van der Waals surface area contributed by atoms with Crippen LogP contribution >= 0.6 is 22.9 Å². The molecule has 2 heterocycles. The molecule has 9 heteroatoms. The van der Waals surface area contributed by atoms with E-state index in [4.69, 9.17) is 32.5 Å². The Kier molecular flexibility index (Phi) is 8.40. The van der Waals surface area contributed by atoms with Crippen molar-refractivity contribution in [2.75, 3.05) is 26.8 Å². The van der Waals surface area contributed by atoms with Crippen molar-refractivity contribution < 1.29 is 14.3 Å². The number of allylic oxidation sites excluding steroid dienone is 1. The van der Waals surface area contributed by atoms with E-state index in [0.29, 0.717) is 50.2 Å². The van der Waals surface area contributed by atoms with Crippen molar-refractivity contribution in [3.8, 4) is 23.8 Å². The fraction of sp³-hybridized carbons (Fsp3) is 0.276. The minimum absolute atomic E-state index is 0.118. The third-order valence-corrected chi connectivity index (χ3v) is 7.52. The molecule has 0 spiro atoms. The molecule has 0 radical (unpaired) electrons. The first kappa shape index (κ1) is 27.2. The van der Waals surface area contributed by atoms with Gasteiger partial charge in [0, 0.05) is 18.1 Å². The number of fused-ring (bicyclic) bond motifs is 1. The number of carbonyl (C=O) groups is 1. The van der Waals surface area contributed by atoms with Crippen molar-refractivity contribution >= 4 is 34.9 Å². The molecule has 0 saturated carbocycles. The minimum atomic E-state index is -0.632. The Morgan fingerprint density at radius 1 is 1.21 bits per heavy atom. The van der Waals surface area contributed by atoms with Gasteiger partial charge in [-0.05, 0) is 62.2 Å². The van der Waals surface area contributed by atoms with E-state index in [0.717, 1.165) is 11.1 Å². The van der Waals surface area contributed by atoms with Crippen molar-refractivity contribution in [2.24, 2.45) is 4.99 Å². The maximum Gasteiger partial charge on any atom is 0.271 e. The third-order valence-electron chi connectivity index (χ3n) is 6.28. The quantitative estimate of drug-likeness (QED) is 0.401. The molecule has 0 bridgehead atoms. The zero-order valence-electron chi connectivity index (χ0n) is 21.7. The molecule has 7 nitrogen and oxygen atoms in total. The summed E-state index contributed by atoms with van der Waals surface area (Å²) in [6, 6.07) is 11.9. The Balaban J connectivity index is 1.89. The summed E-state index contributed by atoms with van der Waals surface area (Å²) in [7, 11) is 1.54. The van der Waals surface area contributed by atoms with Crippen LogP contribution in [-0.4, -0.2) is 42.2 Å². The molecule has 0 fully saturated rings. The number of halogens is 1. The lowest BCUT2D eigenvalue weighted by atomic mass is 9.94. The molecule has 196 valence electrons. The lowest BCUT2D eigenvalue weighted by Gasteiger charge is -2.29. The van der Waals surface area contributed by atoms with E-state index in [9.17, 15) is 9.59 Å². The number of hydrogen-bond acceptors (Lipinski definition) is 6. The Bertz CT molecular complexity index is 1610. The van der Waals surface area contributed by atoms with Crippen molar-refractivity contribution in [1.82, 2.24) is 9.47 Å². The van der Waals surface area contributed by atoms with E-state index in [1.54, 1.807) is 46.9 Å². The van der Waals surface area contributed by atoms with Gasteiger partial charge in [0.1, 0.15) is 6.61 Å². The molecule has 2 aromatic carbocycles. The van der Waals surface area contributed by atoms with Crippen LogP contribution in [0, 0.1) is 12.3 Å². The van der Waals surface area contributed by atoms with Gasteiger partial charge in [-0.2, -0.15) is 0 Å². The van der Waals surface area contributed by atoms with Gasteiger partial charge in [-0.25, -0.2) is 4.99 Å². The van der Waals surface area contributed by atoms with Gasteiger partial charge in [-0.15, -0.1) is 6.42 Å². The van der Waals surface area contributed by atoms with Crippen LogP contribution in [0.5, 0.6) is 11.5 Å². The lowest BCUT2D eigenvalue weighted by Crippen LogP contribution is -2.43. The van der Waals surface area contributed by atoms with Crippen molar-refractivity contribution in [3.05, 3.63) is 89.6 Å². The highest BCUT2D eigenvalue weighted by atomic mass is 35.5. The third kappa shape index (κ3) is 5.26. The van der Waals surface area contributed by atoms with E-state index in [2.05, 4.69) is 5.92 Å². The largest absolute Gasteiger partial charge is 0.493 e. The van der Waals surface area contributed by atoms with Gasteiger partial charge in [-0.3, -0.25) is 14.2 Å². The number of benzene rings is 2. The highest BCUT2D eigenvalue weighted by molar-refractivity contribution is 7.07. The number of amides is 1. The van der Waals surface area contributed by atoms with Crippen molar-refractivity contribution in [1.29, 1.82) is 0 Å². The first-order valence-electron chi connectivity index (χ1n) is 12.1. The topological polar surface area (TPSA) is 73.1 Å². The SMILES string of the molecule is C#CCOc1ccc(/C=c2/sc3n(c2=O)[C@H](c2ccc(Cl)cc2)C(C(=O)N(CC)CC)=C(C)N=3)cc1OC. The standard InChI is InChI=1S/C29H28ClN3O4S/c1-6-15-37-22-14-9-19(16-23(22)36-5)17-24-27(34)33-26(20-10-12-21(30)13-11-20)25(18(4)31-29(33)38-24)28(35)32(7-2)8-3/h1,9-14,16-17,26H,7-8,15H2,2-5H3/b24-17+/t26-/m1/s1. The highest BCUT2D eigenvalue weighted by Crippen LogP contribution is 2.32. The summed E-state index contributed by atoms with van der Waals surface area (Å²) in [5.41, 5.74) is 2.36. The number of aromatic nitrogens is 1. The van der Waals surface area contributed by atoms with E-state index >= 15 is 0 Å². The van der Waals surface area contributed by atoms with Crippen LogP contribution in [0.15, 0.2) is 63.5 Å². The number of methoxy groups -OCH3 is 1.